The molecule has 0 radical (unpaired) electrons. The molecule has 0 heterocycles. The van der Waals surface area contributed by atoms with Gasteiger partial charge in [0, 0.05) is 0 Å². The molecule has 1 unspecified atom stereocenters. The van der Waals surface area contributed by atoms with Gasteiger partial charge >= 0.3 is 0 Å². The van der Waals surface area contributed by atoms with Gasteiger partial charge in [-0.15, -0.1) is 6.58 Å². The van der Waals surface area contributed by atoms with Crippen molar-refractivity contribution in [3.63, 3.8) is 0 Å². The van der Waals surface area contributed by atoms with Gasteiger partial charge in [-0.25, -0.2) is 4.39 Å². The highest BCUT2D eigenvalue weighted by Gasteiger charge is 2.09. The molecule has 0 spiro atoms. The molecule has 0 amide bonds. The van der Waals surface area contributed by atoms with Crippen molar-refractivity contribution in [1.82, 2.24) is 0 Å². The van der Waals surface area contributed by atoms with Gasteiger partial charge in [-0.05, 0) is 25.2 Å². The summed E-state index contributed by atoms with van der Waals surface area (Å²) >= 11 is 0. The van der Waals surface area contributed by atoms with Gasteiger partial charge in [0.15, 0.2) is 0 Å². The Bertz CT molecular complexity index is 97.0. The van der Waals surface area contributed by atoms with Gasteiger partial charge in [-0.1, -0.05) is 26.3 Å². The lowest BCUT2D eigenvalue weighted by atomic mass is 10.0. The van der Waals surface area contributed by atoms with Crippen LogP contribution in [-0.4, -0.2) is 6.17 Å². The van der Waals surface area contributed by atoms with Crippen LogP contribution in [0.1, 0.15) is 39.5 Å². The number of halogens is 1. The van der Waals surface area contributed by atoms with E-state index in [1.165, 1.54) is 0 Å². The molecule has 0 saturated carbocycles. The van der Waals surface area contributed by atoms with Gasteiger partial charge in [0.2, 0.25) is 0 Å². The molecule has 0 aromatic carbocycles. The maximum Gasteiger partial charge on any atom is 0.102 e. The van der Waals surface area contributed by atoms with Gasteiger partial charge in [0.05, 0.1) is 0 Å². The molecule has 0 rings (SSSR count). The molecule has 0 nitrogen and oxygen atoms in total. The zero-order valence-electron chi connectivity index (χ0n) is 7.65. The third kappa shape index (κ3) is 6.08. The van der Waals surface area contributed by atoms with Crippen LogP contribution in [0, 0.1) is 5.92 Å². The largest absolute Gasteiger partial charge is 0.247 e. The first-order valence-electron chi connectivity index (χ1n) is 4.43. The lowest BCUT2D eigenvalue weighted by Crippen LogP contribution is -2.08. The quantitative estimate of drug-likeness (QED) is 0.408. The SMILES string of the molecule is C=CCCCCC(F)C(C)C. The minimum Gasteiger partial charge on any atom is -0.247 e. The van der Waals surface area contributed by atoms with Crippen LogP contribution < -0.4 is 0 Å². The second-order valence-corrected chi connectivity index (χ2v) is 3.33. The number of alkyl halides is 1. The average molecular weight is 158 g/mol. The molecule has 0 saturated heterocycles. The Morgan fingerprint density at radius 3 is 2.45 bits per heavy atom. The molecule has 1 heteroatoms. The van der Waals surface area contributed by atoms with E-state index in [9.17, 15) is 4.39 Å². The van der Waals surface area contributed by atoms with E-state index in [-0.39, 0.29) is 5.92 Å². The summed E-state index contributed by atoms with van der Waals surface area (Å²) in [4.78, 5) is 0. The lowest BCUT2D eigenvalue weighted by molar-refractivity contribution is 0.235. The monoisotopic (exact) mass is 158 g/mol. The van der Waals surface area contributed by atoms with E-state index in [0.717, 1.165) is 19.3 Å². The molecule has 0 aliphatic heterocycles. The normalized spacial score (nSPS) is 13.5. The molecule has 0 fully saturated rings. The van der Waals surface area contributed by atoms with Crippen molar-refractivity contribution in [2.75, 3.05) is 0 Å². The van der Waals surface area contributed by atoms with E-state index in [1.807, 2.05) is 19.9 Å². The standard InChI is InChI=1S/C10H19F/c1-4-5-6-7-8-10(11)9(2)3/h4,9-10H,1,5-8H2,2-3H3. The summed E-state index contributed by atoms with van der Waals surface area (Å²) in [6.45, 7) is 7.48. The summed E-state index contributed by atoms with van der Waals surface area (Å²) in [5.74, 6) is 0.179. The highest BCUT2D eigenvalue weighted by molar-refractivity contribution is 4.67. The van der Waals surface area contributed by atoms with Gasteiger partial charge in [-0.3, -0.25) is 0 Å². The summed E-state index contributed by atoms with van der Waals surface area (Å²) in [5.41, 5.74) is 0. The van der Waals surface area contributed by atoms with E-state index in [0.29, 0.717) is 6.42 Å². The minimum absolute atomic E-state index is 0.179. The maximum absolute atomic E-state index is 12.9. The Hall–Kier alpha value is -0.330. The summed E-state index contributed by atoms with van der Waals surface area (Å²) in [6, 6.07) is 0. The molecule has 0 N–H and O–H groups in total. The van der Waals surface area contributed by atoms with Crippen LogP contribution in [-0.2, 0) is 0 Å². The van der Waals surface area contributed by atoms with Crippen molar-refractivity contribution in [2.24, 2.45) is 5.92 Å². The van der Waals surface area contributed by atoms with Crippen LogP contribution in [0.5, 0.6) is 0 Å². The zero-order chi connectivity index (χ0) is 8.69. The van der Waals surface area contributed by atoms with Crippen molar-refractivity contribution in [3.05, 3.63) is 12.7 Å². The van der Waals surface area contributed by atoms with Gasteiger partial charge in [0.25, 0.3) is 0 Å². The number of hydrogen-bond acceptors (Lipinski definition) is 0. The summed E-state index contributed by atoms with van der Waals surface area (Å²) in [7, 11) is 0. The molecule has 0 bridgehead atoms. The number of hydrogen-bond donors (Lipinski definition) is 0. The predicted molar refractivity (Wildman–Crippen MR) is 48.4 cm³/mol. The summed E-state index contributed by atoms with van der Waals surface area (Å²) in [6.07, 6.45) is 5.08. The fourth-order valence-electron chi connectivity index (χ4n) is 0.961. The molecule has 0 aromatic rings. The Morgan fingerprint density at radius 2 is 2.00 bits per heavy atom. The van der Waals surface area contributed by atoms with Crippen LogP contribution in [0.25, 0.3) is 0 Å². The highest BCUT2D eigenvalue weighted by atomic mass is 19.1. The third-order valence-electron chi connectivity index (χ3n) is 1.86. The van der Waals surface area contributed by atoms with Crippen LogP contribution in [0.2, 0.25) is 0 Å². The Kier molecular flexibility index (Phi) is 6.19. The van der Waals surface area contributed by atoms with Crippen molar-refractivity contribution in [2.45, 2.75) is 45.7 Å². The Labute approximate surface area is 69.5 Å². The average Bonchev–Trinajstić information content (AvgIpc) is 1.97. The predicted octanol–water partition coefficient (Wildman–Crippen LogP) is 3.73. The first-order valence-corrected chi connectivity index (χ1v) is 4.43. The molecule has 11 heavy (non-hydrogen) atoms. The van der Waals surface area contributed by atoms with E-state index >= 15 is 0 Å². The van der Waals surface area contributed by atoms with Crippen LogP contribution >= 0.6 is 0 Å². The Balaban J connectivity index is 3.17. The van der Waals surface area contributed by atoms with Crippen molar-refractivity contribution in [3.8, 4) is 0 Å². The van der Waals surface area contributed by atoms with Crippen LogP contribution in [0.3, 0.4) is 0 Å². The van der Waals surface area contributed by atoms with Crippen molar-refractivity contribution >= 4 is 0 Å². The second kappa shape index (κ2) is 6.38. The molecule has 0 aliphatic carbocycles. The Morgan fingerprint density at radius 1 is 1.36 bits per heavy atom. The topological polar surface area (TPSA) is 0 Å². The third-order valence-corrected chi connectivity index (χ3v) is 1.86. The van der Waals surface area contributed by atoms with E-state index in [4.69, 9.17) is 0 Å². The number of allylic oxidation sites excluding steroid dienone is 1. The molecular formula is C10H19F. The molecule has 0 aromatic heterocycles. The second-order valence-electron chi connectivity index (χ2n) is 3.33. The molecule has 0 aliphatic rings. The van der Waals surface area contributed by atoms with Crippen molar-refractivity contribution < 1.29 is 4.39 Å². The van der Waals surface area contributed by atoms with Gasteiger partial charge in [-0.2, -0.15) is 0 Å². The summed E-state index contributed by atoms with van der Waals surface area (Å²) in [5, 5.41) is 0. The lowest BCUT2D eigenvalue weighted by Gasteiger charge is -2.10. The fourth-order valence-corrected chi connectivity index (χ4v) is 0.961. The molecule has 66 valence electrons. The first-order chi connectivity index (χ1) is 5.18. The van der Waals surface area contributed by atoms with Crippen molar-refractivity contribution in [1.29, 1.82) is 0 Å². The maximum atomic E-state index is 12.9. The smallest absolute Gasteiger partial charge is 0.102 e. The summed E-state index contributed by atoms with van der Waals surface area (Å²) < 4.78 is 12.9. The van der Waals surface area contributed by atoms with Crippen LogP contribution in [0.15, 0.2) is 12.7 Å². The van der Waals surface area contributed by atoms with E-state index in [1.54, 1.807) is 0 Å². The van der Waals surface area contributed by atoms with Crippen LogP contribution in [0.4, 0.5) is 4.39 Å². The number of unbranched alkanes of at least 4 members (excludes halogenated alkanes) is 2. The number of rotatable bonds is 6. The highest BCUT2D eigenvalue weighted by Crippen LogP contribution is 2.14. The zero-order valence-corrected chi connectivity index (χ0v) is 7.65. The first kappa shape index (κ1) is 10.7. The van der Waals surface area contributed by atoms with Gasteiger partial charge < -0.3 is 0 Å². The molecular weight excluding hydrogens is 139 g/mol. The van der Waals surface area contributed by atoms with E-state index in [2.05, 4.69) is 6.58 Å². The van der Waals surface area contributed by atoms with Gasteiger partial charge in [0.1, 0.15) is 6.17 Å². The molecule has 1 atom stereocenters. The fraction of sp³-hybridized carbons (Fsp3) is 0.800. The van der Waals surface area contributed by atoms with E-state index < -0.39 is 6.17 Å². The minimum atomic E-state index is -0.611.